The highest BCUT2D eigenvalue weighted by atomic mass is 16.4. The lowest BCUT2D eigenvalue weighted by atomic mass is 9.87. The SMILES string of the molecule is CC(C)N1CCC(CNC(=O)N[C@@H](C(=O)O)C(C)(C)C)C1. The van der Waals surface area contributed by atoms with Crippen molar-refractivity contribution in [3.05, 3.63) is 0 Å². The molecular weight excluding hydrogens is 270 g/mol. The van der Waals surface area contributed by atoms with Gasteiger partial charge >= 0.3 is 12.0 Å². The van der Waals surface area contributed by atoms with E-state index in [-0.39, 0.29) is 0 Å². The van der Waals surface area contributed by atoms with Crippen molar-refractivity contribution in [2.24, 2.45) is 11.3 Å². The number of hydrogen-bond donors (Lipinski definition) is 3. The van der Waals surface area contributed by atoms with Crippen molar-refractivity contribution in [2.75, 3.05) is 19.6 Å². The smallest absolute Gasteiger partial charge is 0.326 e. The fourth-order valence-electron chi connectivity index (χ4n) is 2.57. The van der Waals surface area contributed by atoms with E-state index in [1.165, 1.54) is 0 Å². The van der Waals surface area contributed by atoms with Crippen molar-refractivity contribution in [3.8, 4) is 0 Å². The lowest BCUT2D eigenvalue weighted by molar-refractivity contribution is -0.141. The van der Waals surface area contributed by atoms with Gasteiger partial charge in [-0.2, -0.15) is 0 Å². The average Bonchev–Trinajstić information content (AvgIpc) is 2.80. The Morgan fingerprint density at radius 3 is 2.38 bits per heavy atom. The number of urea groups is 1. The Hall–Kier alpha value is -1.30. The van der Waals surface area contributed by atoms with Gasteiger partial charge in [0.25, 0.3) is 0 Å². The van der Waals surface area contributed by atoms with E-state index in [1.807, 2.05) is 0 Å². The van der Waals surface area contributed by atoms with Crippen LogP contribution in [-0.4, -0.2) is 53.7 Å². The first-order valence-corrected chi connectivity index (χ1v) is 7.62. The van der Waals surface area contributed by atoms with Crippen LogP contribution in [0.5, 0.6) is 0 Å². The molecule has 0 saturated carbocycles. The van der Waals surface area contributed by atoms with Crippen molar-refractivity contribution in [2.45, 2.75) is 53.1 Å². The van der Waals surface area contributed by atoms with Crippen LogP contribution in [0.4, 0.5) is 4.79 Å². The summed E-state index contributed by atoms with van der Waals surface area (Å²) in [6.07, 6.45) is 1.07. The molecule has 1 aliphatic heterocycles. The first-order chi connectivity index (χ1) is 9.61. The first-order valence-electron chi connectivity index (χ1n) is 7.62. The number of carboxylic acid groups (broad SMARTS) is 1. The molecule has 0 aromatic heterocycles. The summed E-state index contributed by atoms with van der Waals surface area (Å²) in [5.74, 6) is -0.569. The molecule has 1 aliphatic rings. The number of carboxylic acids is 1. The third-order valence-corrected chi connectivity index (χ3v) is 3.99. The number of hydrogen-bond acceptors (Lipinski definition) is 3. The standard InChI is InChI=1S/C15H29N3O3/c1-10(2)18-7-6-11(9-18)8-16-14(21)17-12(13(19)20)15(3,4)5/h10-12H,6-9H2,1-5H3,(H,19,20)(H2,16,17,21)/t11?,12-/m0/s1. The predicted octanol–water partition coefficient (Wildman–Crippen LogP) is 1.52. The second kappa shape index (κ2) is 7.11. The molecule has 3 N–H and O–H groups in total. The van der Waals surface area contributed by atoms with E-state index in [2.05, 4.69) is 29.4 Å². The van der Waals surface area contributed by atoms with Gasteiger partial charge < -0.3 is 20.6 Å². The number of nitrogens with zero attached hydrogens (tertiary/aromatic N) is 1. The quantitative estimate of drug-likeness (QED) is 0.719. The van der Waals surface area contributed by atoms with Crippen LogP contribution in [0, 0.1) is 11.3 Å². The maximum Gasteiger partial charge on any atom is 0.326 e. The minimum Gasteiger partial charge on any atom is -0.480 e. The third kappa shape index (κ3) is 5.53. The Kier molecular flexibility index (Phi) is 6.01. The fraction of sp³-hybridized carbons (Fsp3) is 0.867. The number of likely N-dealkylation sites (tertiary alicyclic amines) is 1. The van der Waals surface area contributed by atoms with Gasteiger partial charge in [0.05, 0.1) is 0 Å². The molecule has 1 unspecified atom stereocenters. The molecule has 0 bridgehead atoms. The molecule has 6 nitrogen and oxygen atoms in total. The zero-order chi connectivity index (χ0) is 16.2. The molecule has 1 fully saturated rings. The molecule has 2 atom stereocenters. The molecule has 122 valence electrons. The summed E-state index contributed by atoms with van der Waals surface area (Å²) in [5.41, 5.74) is -0.523. The van der Waals surface area contributed by atoms with Crippen molar-refractivity contribution in [3.63, 3.8) is 0 Å². The maximum atomic E-state index is 11.9. The third-order valence-electron chi connectivity index (χ3n) is 3.99. The van der Waals surface area contributed by atoms with Gasteiger partial charge in [-0.25, -0.2) is 9.59 Å². The van der Waals surface area contributed by atoms with Gasteiger partial charge in [-0.15, -0.1) is 0 Å². The van der Waals surface area contributed by atoms with Crippen molar-refractivity contribution in [1.82, 2.24) is 15.5 Å². The molecule has 1 rings (SSSR count). The van der Waals surface area contributed by atoms with Crippen molar-refractivity contribution < 1.29 is 14.7 Å². The van der Waals surface area contributed by atoms with E-state index in [1.54, 1.807) is 20.8 Å². The van der Waals surface area contributed by atoms with E-state index >= 15 is 0 Å². The molecule has 1 heterocycles. The molecule has 0 radical (unpaired) electrons. The van der Waals surface area contributed by atoms with Crippen LogP contribution in [0.3, 0.4) is 0 Å². The van der Waals surface area contributed by atoms with Gasteiger partial charge in [0, 0.05) is 19.1 Å². The lowest BCUT2D eigenvalue weighted by Gasteiger charge is -2.28. The van der Waals surface area contributed by atoms with Gasteiger partial charge in [-0.05, 0) is 38.1 Å². The highest BCUT2D eigenvalue weighted by Crippen LogP contribution is 2.20. The number of amides is 2. The van der Waals surface area contributed by atoms with Crippen LogP contribution >= 0.6 is 0 Å². The molecule has 0 spiro atoms. The Labute approximate surface area is 127 Å². The van der Waals surface area contributed by atoms with Crippen LogP contribution in [0.1, 0.15) is 41.0 Å². The molecule has 0 aliphatic carbocycles. The number of nitrogens with one attached hydrogen (secondary N) is 2. The average molecular weight is 299 g/mol. The Balaban J connectivity index is 2.39. The summed E-state index contributed by atoms with van der Waals surface area (Å²) in [6.45, 7) is 12.4. The van der Waals surface area contributed by atoms with Crippen LogP contribution in [0.2, 0.25) is 0 Å². The van der Waals surface area contributed by atoms with Gasteiger partial charge in [-0.1, -0.05) is 20.8 Å². The van der Waals surface area contributed by atoms with E-state index in [9.17, 15) is 14.7 Å². The minimum atomic E-state index is -1.01. The molecular formula is C15H29N3O3. The normalized spacial score (nSPS) is 21.3. The summed E-state index contributed by atoms with van der Waals surface area (Å²) < 4.78 is 0. The second-order valence-corrected chi connectivity index (χ2v) is 7.24. The van der Waals surface area contributed by atoms with Gasteiger partial charge in [0.1, 0.15) is 6.04 Å². The van der Waals surface area contributed by atoms with Crippen LogP contribution in [0.25, 0.3) is 0 Å². The zero-order valence-corrected chi connectivity index (χ0v) is 13.8. The molecule has 1 saturated heterocycles. The Morgan fingerprint density at radius 1 is 1.33 bits per heavy atom. The summed E-state index contributed by atoms with van der Waals surface area (Å²) in [6, 6.07) is -0.769. The number of aliphatic carboxylic acids is 1. The molecule has 0 aromatic rings. The van der Waals surface area contributed by atoms with E-state index in [0.717, 1.165) is 19.5 Å². The zero-order valence-electron chi connectivity index (χ0n) is 13.8. The van der Waals surface area contributed by atoms with Crippen LogP contribution in [0.15, 0.2) is 0 Å². The van der Waals surface area contributed by atoms with E-state index < -0.39 is 23.5 Å². The second-order valence-electron chi connectivity index (χ2n) is 7.24. The fourth-order valence-corrected chi connectivity index (χ4v) is 2.57. The summed E-state index contributed by atoms with van der Waals surface area (Å²) in [4.78, 5) is 25.5. The van der Waals surface area contributed by atoms with Crippen LogP contribution in [-0.2, 0) is 4.79 Å². The Bertz CT molecular complexity index is 377. The van der Waals surface area contributed by atoms with E-state index in [0.29, 0.717) is 18.5 Å². The summed E-state index contributed by atoms with van der Waals surface area (Å²) in [7, 11) is 0. The first kappa shape index (κ1) is 17.8. The predicted molar refractivity (Wildman–Crippen MR) is 82.2 cm³/mol. The number of carbonyl (C=O) groups excluding carboxylic acids is 1. The lowest BCUT2D eigenvalue weighted by Crippen LogP contribution is -2.52. The molecule has 0 aromatic carbocycles. The van der Waals surface area contributed by atoms with Crippen molar-refractivity contribution in [1.29, 1.82) is 0 Å². The largest absolute Gasteiger partial charge is 0.480 e. The van der Waals surface area contributed by atoms with Crippen molar-refractivity contribution >= 4 is 12.0 Å². The number of carbonyl (C=O) groups is 2. The monoisotopic (exact) mass is 299 g/mol. The van der Waals surface area contributed by atoms with Gasteiger partial charge in [0.2, 0.25) is 0 Å². The number of rotatable bonds is 5. The topological polar surface area (TPSA) is 81.7 Å². The van der Waals surface area contributed by atoms with E-state index in [4.69, 9.17) is 0 Å². The molecule has 6 heteroatoms. The molecule has 21 heavy (non-hydrogen) atoms. The van der Waals surface area contributed by atoms with Gasteiger partial charge in [0.15, 0.2) is 0 Å². The highest BCUT2D eigenvalue weighted by molar-refractivity contribution is 5.83. The summed E-state index contributed by atoms with van der Waals surface area (Å²) >= 11 is 0. The summed E-state index contributed by atoms with van der Waals surface area (Å²) in [5, 5.41) is 14.5. The minimum absolute atomic E-state index is 0.402. The highest BCUT2D eigenvalue weighted by Gasteiger charge is 2.33. The van der Waals surface area contributed by atoms with Gasteiger partial charge in [-0.3, -0.25) is 0 Å². The molecule has 2 amide bonds. The van der Waals surface area contributed by atoms with Crippen LogP contribution < -0.4 is 10.6 Å². The maximum absolute atomic E-state index is 11.9. The Morgan fingerprint density at radius 2 is 1.95 bits per heavy atom.